The number of hydrogen-bond donors (Lipinski definition) is 1. The van der Waals surface area contributed by atoms with Gasteiger partial charge in [0.2, 0.25) is 0 Å². The summed E-state index contributed by atoms with van der Waals surface area (Å²) in [4.78, 5) is 6.66. The molecule has 1 aromatic heterocycles. The summed E-state index contributed by atoms with van der Waals surface area (Å²) < 4.78 is 0. The van der Waals surface area contributed by atoms with Crippen molar-refractivity contribution in [3.63, 3.8) is 0 Å². The fourth-order valence-corrected chi connectivity index (χ4v) is 2.40. The fourth-order valence-electron chi connectivity index (χ4n) is 2.40. The lowest BCUT2D eigenvalue weighted by Crippen LogP contribution is -2.21. The van der Waals surface area contributed by atoms with Crippen molar-refractivity contribution in [2.24, 2.45) is 0 Å². The van der Waals surface area contributed by atoms with Crippen molar-refractivity contribution >= 4 is 16.6 Å². The van der Waals surface area contributed by atoms with Gasteiger partial charge in [0.25, 0.3) is 0 Å². The van der Waals surface area contributed by atoms with Gasteiger partial charge in [0.05, 0.1) is 0 Å². The number of pyridine rings is 1. The second-order valence-corrected chi connectivity index (χ2v) is 6.54. The summed E-state index contributed by atoms with van der Waals surface area (Å²) in [5, 5.41) is 5.95. The van der Waals surface area contributed by atoms with Crippen molar-refractivity contribution in [1.29, 1.82) is 0 Å². The Hall–Kier alpha value is -1.61. The smallest absolute Gasteiger partial charge is 0.133 e. The van der Waals surface area contributed by atoms with Crippen molar-refractivity contribution in [1.82, 2.24) is 9.88 Å². The molecule has 0 atom stereocenters. The van der Waals surface area contributed by atoms with Crippen molar-refractivity contribution in [2.75, 3.05) is 32.5 Å². The molecule has 3 heteroatoms. The second kappa shape index (κ2) is 5.80. The van der Waals surface area contributed by atoms with Crippen LogP contribution in [0.3, 0.4) is 0 Å². The molecule has 0 fully saturated rings. The van der Waals surface area contributed by atoms with E-state index in [1.165, 1.54) is 16.3 Å². The largest absolute Gasteiger partial charge is 0.368 e. The Morgan fingerprint density at radius 3 is 2.50 bits per heavy atom. The predicted molar refractivity (Wildman–Crippen MR) is 87.5 cm³/mol. The molecule has 0 spiro atoms. The SMILES string of the molecule is CN(C)CCNc1nccc2c(C(C)(C)C)cccc12. The minimum absolute atomic E-state index is 0.141. The monoisotopic (exact) mass is 271 g/mol. The number of rotatable bonds is 4. The van der Waals surface area contributed by atoms with Gasteiger partial charge < -0.3 is 10.2 Å². The number of benzene rings is 1. The van der Waals surface area contributed by atoms with Crippen LogP contribution in [0, 0.1) is 0 Å². The number of aromatic nitrogens is 1. The number of nitrogens with zero attached hydrogens (tertiary/aromatic N) is 2. The first kappa shape index (κ1) is 14.8. The average Bonchev–Trinajstić information content (AvgIpc) is 2.36. The molecule has 2 aromatic rings. The highest BCUT2D eigenvalue weighted by Gasteiger charge is 2.17. The fraction of sp³-hybridized carbons (Fsp3) is 0.471. The van der Waals surface area contributed by atoms with Crippen LogP contribution in [0.1, 0.15) is 26.3 Å². The molecule has 0 radical (unpaired) electrons. The van der Waals surface area contributed by atoms with Crippen LogP contribution >= 0.6 is 0 Å². The molecule has 0 unspecified atom stereocenters. The third-order valence-corrected chi connectivity index (χ3v) is 3.47. The molecule has 1 heterocycles. The normalized spacial score (nSPS) is 12.1. The van der Waals surface area contributed by atoms with Crippen molar-refractivity contribution in [3.8, 4) is 0 Å². The number of likely N-dealkylation sites (N-methyl/N-ethyl adjacent to an activating group) is 1. The summed E-state index contributed by atoms with van der Waals surface area (Å²) in [6, 6.07) is 8.61. The molecule has 108 valence electrons. The molecule has 0 amide bonds. The van der Waals surface area contributed by atoms with E-state index in [0.717, 1.165) is 18.9 Å². The van der Waals surface area contributed by atoms with E-state index < -0.39 is 0 Å². The molecule has 2 rings (SSSR count). The summed E-state index contributed by atoms with van der Waals surface area (Å²) in [7, 11) is 4.16. The number of hydrogen-bond acceptors (Lipinski definition) is 3. The molecular weight excluding hydrogens is 246 g/mol. The van der Waals surface area contributed by atoms with Gasteiger partial charge in [-0.25, -0.2) is 4.98 Å². The summed E-state index contributed by atoms with van der Waals surface area (Å²) in [6.45, 7) is 8.65. The zero-order chi connectivity index (χ0) is 14.8. The molecule has 0 saturated heterocycles. The number of anilines is 1. The molecule has 0 aliphatic carbocycles. The number of fused-ring (bicyclic) bond motifs is 1. The maximum atomic E-state index is 4.50. The summed E-state index contributed by atoms with van der Waals surface area (Å²) >= 11 is 0. The van der Waals surface area contributed by atoms with Gasteiger partial charge in [-0.05, 0) is 36.5 Å². The predicted octanol–water partition coefficient (Wildman–Crippen LogP) is 3.51. The van der Waals surface area contributed by atoms with Gasteiger partial charge in [-0.3, -0.25) is 0 Å². The van der Waals surface area contributed by atoms with Gasteiger partial charge in [-0.1, -0.05) is 39.0 Å². The molecule has 0 aliphatic heterocycles. The molecular formula is C17H25N3. The third kappa shape index (κ3) is 3.28. The minimum atomic E-state index is 0.141. The number of nitrogens with one attached hydrogen (secondary N) is 1. The van der Waals surface area contributed by atoms with Gasteiger partial charge in [0, 0.05) is 24.7 Å². The summed E-state index contributed by atoms with van der Waals surface area (Å²) in [6.07, 6.45) is 1.90. The van der Waals surface area contributed by atoms with Crippen LogP contribution in [0.15, 0.2) is 30.5 Å². The molecule has 20 heavy (non-hydrogen) atoms. The Kier molecular flexibility index (Phi) is 4.29. The highest BCUT2D eigenvalue weighted by molar-refractivity contribution is 5.94. The summed E-state index contributed by atoms with van der Waals surface area (Å²) in [5.41, 5.74) is 1.51. The lowest BCUT2D eigenvalue weighted by molar-refractivity contribution is 0.425. The van der Waals surface area contributed by atoms with Gasteiger partial charge >= 0.3 is 0 Å². The molecule has 0 aliphatic rings. The van der Waals surface area contributed by atoms with Crippen LogP contribution in [-0.2, 0) is 5.41 Å². The first-order chi connectivity index (χ1) is 9.39. The van der Waals surface area contributed by atoms with E-state index >= 15 is 0 Å². The van der Waals surface area contributed by atoms with E-state index in [1.54, 1.807) is 0 Å². The molecule has 1 N–H and O–H groups in total. The third-order valence-electron chi connectivity index (χ3n) is 3.47. The zero-order valence-electron chi connectivity index (χ0n) is 13.2. The lowest BCUT2D eigenvalue weighted by Gasteiger charge is -2.22. The van der Waals surface area contributed by atoms with E-state index in [0.29, 0.717) is 0 Å². The maximum absolute atomic E-state index is 4.50. The minimum Gasteiger partial charge on any atom is -0.368 e. The van der Waals surface area contributed by atoms with E-state index in [1.807, 2.05) is 6.20 Å². The van der Waals surface area contributed by atoms with E-state index in [4.69, 9.17) is 0 Å². The van der Waals surface area contributed by atoms with E-state index in [-0.39, 0.29) is 5.41 Å². The van der Waals surface area contributed by atoms with Crippen LogP contribution in [0.25, 0.3) is 10.8 Å². The Bertz CT molecular complexity index is 582. The van der Waals surface area contributed by atoms with Crippen LogP contribution in [0.5, 0.6) is 0 Å². The Balaban J connectivity index is 2.38. The van der Waals surface area contributed by atoms with Gasteiger partial charge in [-0.15, -0.1) is 0 Å². The van der Waals surface area contributed by atoms with Crippen molar-refractivity contribution < 1.29 is 0 Å². The van der Waals surface area contributed by atoms with Gasteiger partial charge in [-0.2, -0.15) is 0 Å². The highest BCUT2D eigenvalue weighted by Crippen LogP contribution is 2.32. The van der Waals surface area contributed by atoms with Gasteiger partial charge in [0.15, 0.2) is 0 Å². The lowest BCUT2D eigenvalue weighted by atomic mass is 9.84. The second-order valence-electron chi connectivity index (χ2n) is 6.54. The average molecular weight is 271 g/mol. The van der Waals surface area contributed by atoms with Crippen LogP contribution in [0.2, 0.25) is 0 Å². The highest BCUT2D eigenvalue weighted by atomic mass is 15.1. The molecule has 0 bridgehead atoms. The Morgan fingerprint density at radius 1 is 1.10 bits per heavy atom. The Morgan fingerprint density at radius 2 is 1.85 bits per heavy atom. The van der Waals surface area contributed by atoms with E-state index in [9.17, 15) is 0 Å². The molecule has 3 nitrogen and oxygen atoms in total. The maximum Gasteiger partial charge on any atom is 0.133 e. The Labute approximate surface area is 122 Å². The van der Waals surface area contributed by atoms with Crippen LogP contribution < -0.4 is 5.32 Å². The van der Waals surface area contributed by atoms with Crippen LogP contribution in [0.4, 0.5) is 5.82 Å². The topological polar surface area (TPSA) is 28.2 Å². The standard InChI is InChI=1S/C17H25N3/c1-17(2,3)15-8-6-7-14-13(15)9-10-18-16(14)19-11-12-20(4)5/h6-10H,11-12H2,1-5H3,(H,18,19). The van der Waals surface area contributed by atoms with E-state index in [2.05, 4.69) is 74.3 Å². The first-order valence-electron chi connectivity index (χ1n) is 7.16. The zero-order valence-corrected chi connectivity index (χ0v) is 13.2. The molecule has 0 saturated carbocycles. The van der Waals surface area contributed by atoms with Crippen molar-refractivity contribution in [3.05, 3.63) is 36.0 Å². The molecule has 1 aromatic carbocycles. The van der Waals surface area contributed by atoms with Gasteiger partial charge in [0.1, 0.15) is 5.82 Å². The van der Waals surface area contributed by atoms with Crippen LogP contribution in [-0.4, -0.2) is 37.1 Å². The quantitative estimate of drug-likeness (QED) is 0.922. The van der Waals surface area contributed by atoms with Crippen molar-refractivity contribution in [2.45, 2.75) is 26.2 Å². The summed E-state index contributed by atoms with van der Waals surface area (Å²) in [5.74, 6) is 0.982. The first-order valence-corrected chi connectivity index (χ1v) is 7.16.